The van der Waals surface area contributed by atoms with E-state index in [4.69, 9.17) is 18.9 Å². The van der Waals surface area contributed by atoms with Crippen LogP contribution in [-0.4, -0.2) is 58.1 Å². The van der Waals surface area contributed by atoms with Gasteiger partial charge in [0.1, 0.15) is 29.0 Å². The standard InChI is InChI=1S/C33H56O8/c1-9-10-11-12-13-14-15-27(36)39-26-17-19-33(8,41-23(5)35)30-28-24(21(2)3)16-18-32(7,40-22(4)34)29(28)25(38-30)20-31(26,6)37/h21,24-26,28-30,37H,9-20H2,1-8H3/t24-,25-,26+,28-,29-,30-,31+,32-,33-/m0/s1. The third-order valence-corrected chi connectivity index (χ3v) is 10.1. The highest BCUT2D eigenvalue weighted by Gasteiger charge is 2.65. The van der Waals surface area contributed by atoms with Crippen LogP contribution in [0.1, 0.15) is 132 Å². The van der Waals surface area contributed by atoms with Crippen molar-refractivity contribution in [1.29, 1.82) is 0 Å². The van der Waals surface area contributed by atoms with Gasteiger partial charge in [0.2, 0.25) is 0 Å². The second-order valence-corrected chi connectivity index (χ2v) is 14.1. The van der Waals surface area contributed by atoms with Crippen LogP contribution in [0.5, 0.6) is 0 Å². The van der Waals surface area contributed by atoms with Crippen molar-refractivity contribution < 1.29 is 38.4 Å². The van der Waals surface area contributed by atoms with E-state index >= 15 is 0 Å². The van der Waals surface area contributed by atoms with Gasteiger partial charge in [-0.2, -0.15) is 0 Å². The monoisotopic (exact) mass is 580 g/mol. The van der Waals surface area contributed by atoms with Crippen LogP contribution in [0.3, 0.4) is 0 Å². The Morgan fingerprint density at radius 2 is 1.49 bits per heavy atom. The first kappa shape index (κ1) is 33.8. The lowest BCUT2D eigenvalue weighted by molar-refractivity contribution is -0.185. The number of rotatable bonds is 11. The maximum atomic E-state index is 12.9. The Labute approximate surface area is 247 Å². The molecule has 2 saturated heterocycles. The Kier molecular flexibility index (Phi) is 11.3. The molecule has 41 heavy (non-hydrogen) atoms. The van der Waals surface area contributed by atoms with Gasteiger partial charge in [0, 0.05) is 38.5 Å². The summed E-state index contributed by atoms with van der Waals surface area (Å²) >= 11 is 0. The summed E-state index contributed by atoms with van der Waals surface area (Å²) in [6, 6.07) is 0. The van der Waals surface area contributed by atoms with E-state index < -0.39 is 41.1 Å². The van der Waals surface area contributed by atoms with Gasteiger partial charge in [-0.1, -0.05) is 52.9 Å². The van der Waals surface area contributed by atoms with Crippen molar-refractivity contribution >= 4 is 17.9 Å². The quantitative estimate of drug-likeness (QED) is 0.172. The number of fused-ring (bicyclic) bond motifs is 5. The zero-order chi connectivity index (χ0) is 30.6. The zero-order valence-electron chi connectivity index (χ0n) is 26.8. The molecule has 0 spiro atoms. The molecule has 0 unspecified atom stereocenters. The second-order valence-electron chi connectivity index (χ2n) is 14.1. The molecule has 1 aliphatic carbocycles. The Balaban J connectivity index is 1.93. The van der Waals surface area contributed by atoms with Gasteiger partial charge in [-0.05, 0) is 64.7 Å². The highest BCUT2D eigenvalue weighted by atomic mass is 16.6. The van der Waals surface area contributed by atoms with Crippen LogP contribution in [-0.2, 0) is 33.3 Å². The van der Waals surface area contributed by atoms with Gasteiger partial charge in [-0.15, -0.1) is 0 Å². The van der Waals surface area contributed by atoms with E-state index in [1.165, 1.54) is 33.1 Å². The lowest BCUT2D eigenvalue weighted by atomic mass is 9.57. The summed E-state index contributed by atoms with van der Waals surface area (Å²) < 4.78 is 24.9. The van der Waals surface area contributed by atoms with Crippen LogP contribution in [0.25, 0.3) is 0 Å². The molecule has 1 N–H and O–H groups in total. The van der Waals surface area contributed by atoms with Crippen molar-refractivity contribution in [2.24, 2.45) is 23.7 Å². The minimum atomic E-state index is -1.38. The number of esters is 3. The van der Waals surface area contributed by atoms with Crippen molar-refractivity contribution in [2.75, 3.05) is 0 Å². The van der Waals surface area contributed by atoms with E-state index in [1.807, 2.05) is 13.8 Å². The molecule has 2 aliphatic heterocycles. The first-order valence-corrected chi connectivity index (χ1v) is 16.1. The normalized spacial score (nSPS) is 38.8. The smallest absolute Gasteiger partial charge is 0.306 e. The van der Waals surface area contributed by atoms with Gasteiger partial charge in [-0.25, -0.2) is 0 Å². The molecule has 0 aromatic carbocycles. The van der Waals surface area contributed by atoms with Gasteiger partial charge < -0.3 is 24.1 Å². The van der Waals surface area contributed by atoms with Crippen LogP contribution in [0.2, 0.25) is 0 Å². The molecule has 2 heterocycles. The largest absolute Gasteiger partial charge is 0.459 e. The Hall–Kier alpha value is -1.67. The fraction of sp³-hybridized carbons (Fsp3) is 0.909. The van der Waals surface area contributed by atoms with E-state index in [0.717, 1.165) is 25.7 Å². The number of aliphatic hydroxyl groups is 1. The molecule has 236 valence electrons. The van der Waals surface area contributed by atoms with Gasteiger partial charge in [0.05, 0.1) is 6.10 Å². The first-order chi connectivity index (χ1) is 19.1. The summed E-state index contributed by atoms with van der Waals surface area (Å²) in [7, 11) is 0. The maximum absolute atomic E-state index is 12.9. The van der Waals surface area contributed by atoms with E-state index in [2.05, 4.69) is 20.8 Å². The molecule has 0 aromatic heterocycles. The molecule has 3 rings (SSSR count). The molecule has 0 aromatic rings. The number of carbonyl (C=O) groups excluding carboxylic acids is 3. The van der Waals surface area contributed by atoms with Crippen molar-refractivity contribution in [3.63, 3.8) is 0 Å². The average Bonchev–Trinajstić information content (AvgIpc) is 3.23. The summed E-state index contributed by atoms with van der Waals surface area (Å²) in [6.07, 6.45) is 7.49. The van der Waals surface area contributed by atoms with Gasteiger partial charge >= 0.3 is 17.9 Å². The SMILES string of the molecule is CCCCCCCCC(=O)O[C@@H]1CC[C@](C)(OC(C)=O)[C@H]2O[C@@H](C[C@@]1(C)O)[C@H]1[C@@H]2[C@H](C(C)C)CC[C@]1(C)OC(C)=O. The van der Waals surface area contributed by atoms with Gasteiger partial charge in [0.25, 0.3) is 0 Å². The van der Waals surface area contributed by atoms with Crippen molar-refractivity contribution in [3.05, 3.63) is 0 Å². The topological polar surface area (TPSA) is 108 Å². The molecule has 9 atom stereocenters. The maximum Gasteiger partial charge on any atom is 0.306 e. The molecule has 0 radical (unpaired) electrons. The van der Waals surface area contributed by atoms with Crippen LogP contribution < -0.4 is 0 Å². The predicted molar refractivity (Wildman–Crippen MR) is 156 cm³/mol. The summed E-state index contributed by atoms with van der Waals surface area (Å²) in [5.74, 6) is -0.705. The molecule has 3 fully saturated rings. The Bertz CT molecular complexity index is 915. The van der Waals surface area contributed by atoms with Crippen molar-refractivity contribution in [1.82, 2.24) is 0 Å². The number of hydrogen-bond donors (Lipinski definition) is 1. The summed E-state index contributed by atoms with van der Waals surface area (Å²) in [5, 5.41) is 11.9. The van der Waals surface area contributed by atoms with Crippen molar-refractivity contribution in [2.45, 2.75) is 168 Å². The Morgan fingerprint density at radius 3 is 2.10 bits per heavy atom. The van der Waals surface area contributed by atoms with Crippen LogP contribution in [0, 0.1) is 23.7 Å². The number of unbranched alkanes of at least 4 members (excludes halogenated alkanes) is 5. The fourth-order valence-corrected chi connectivity index (χ4v) is 8.15. The first-order valence-electron chi connectivity index (χ1n) is 16.1. The number of ether oxygens (including phenoxy) is 4. The summed E-state index contributed by atoms with van der Waals surface area (Å²) in [4.78, 5) is 37.7. The molecule has 8 nitrogen and oxygen atoms in total. The molecule has 3 aliphatic rings. The molecular formula is C33H56O8. The third kappa shape index (κ3) is 8.04. The van der Waals surface area contributed by atoms with E-state index in [-0.39, 0.29) is 36.1 Å². The van der Waals surface area contributed by atoms with Crippen LogP contribution >= 0.6 is 0 Å². The summed E-state index contributed by atoms with van der Waals surface area (Å²) in [6.45, 7) is 15.0. The molecule has 2 bridgehead atoms. The number of carbonyl (C=O) groups is 3. The van der Waals surface area contributed by atoms with Gasteiger partial charge in [0.15, 0.2) is 0 Å². The summed E-state index contributed by atoms with van der Waals surface area (Å²) in [5.41, 5.74) is -3.18. The van der Waals surface area contributed by atoms with Crippen molar-refractivity contribution in [3.8, 4) is 0 Å². The third-order valence-electron chi connectivity index (χ3n) is 10.1. The predicted octanol–water partition coefficient (Wildman–Crippen LogP) is 6.29. The van der Waals surface area contributed by atoms with E-state index in [0.29, 0.717) is 31.6 Å². The fourth-order valence-electron chi connectivity index (χ4n) is 8.15. The zero-order valence-corrected chi connectivity index (χ0v) is 26.8. The number of hydrogen-bond acceptors (Lipinski definition) is 8. The minimum Gasteiger partial charge on any atom is -0.459 e. The van der Waals surface area contributed by atoms with Crippen LogP contribution in [0.4, 0.5) is 0 Å². The molecule has 1 saturated carbocycles. The molecule has 0 amide bonds. The average molecular weight is 581 g/mol. The van der Waals surface area contributed by atoms with E-state index in [9.17, 15) is 19.5 Å². The molecular weight excluding hydrogens is 524 g/mol. The van der Waals surface area contributed by atoms with Gasteiger partial charge in [-0.3, -0.25) is 14.4 Å². The lowest BCUT2D eigenvalue weighted by Crippen LogP contribution is -2.58. The second kappa shape index (κ2) is 13.7. The highest BCUT2D eigenvalue weighted by Crippen LogP contribution is 2.58. The lowest BCUT2D eigenvalue weighted by Gasteiger charge is -2.51. The minimum absolute atomic E-state index is 0.0370. The van der Waals surface area contributed by atoms with Crippen LogP contribution in [0.15, 0.2) is 0 Å². The van der Waals surface area contributed by atoms with E-state index in [1.54, 1.807) is 6.92 Å². The Morgan fingerprint density at radius 1 is 0.902 bits per heavy atom. The highest BCUT2D eigenvalue weighted by molar-refractivity contribution is 5.69. The molecule has 8 heteroatoms.